The van der Waals surface area contributed by atoms with Gasteiger partial charge in [-0.25, -0.2) is 0 Å². The van der Waals surface area contributed by atoms with Crippen LogP contribution in [0.25, 0.3) is 0 Å². The van der Waals surface area contributed by atoms with Crippen molar-refractivity contribution in [2.24, 2.45) is 22.7 Å². The number of ether oxygens (including phenoxy) is 3. The van der Waals surface area contributed by atoms with Crippen LogP contribution in [-0.4, -0.2) is 79.8 Å². The normalized spacial score (nSPS) is 44.0. The van der Waals surface area contributed by atoms with Gasteiger partial charge < -0.3 is 29.5 Å². The number of hydrogen-bond donors (Lipinski definition) is 2. The zero-order valence-corrected chi connectivity index (χ0v) is 20.0. The molecule has 2 aliphatic heterocycles. The van der Waals surface area contributed by atoms with Gasteiger partial charge in [-0.3, -0.25) is 9.59 Å². The van der Waals surface area contributed by atoms with Gasteiger partial charge in [-0.1, -0.05) is 13.8 Å². The van der Waals surface area contributed by atoms with Crippen molar-refractivity contribution >= 4 is 11.8 Å². The molecule has 0 radical (unpaired) electrons. The average Bonchev–Trinajstić information content (AvgIpc) is 3.19. The van der Waals surface area contributed by atoms with Gasteiger partial charge in [0.05, 0.1) is 25.4 Å². The molecule has 2 heterocycles. The molecule has 2 aliphatic carbocycles. The molecule has 8 nitrogen and oxygen atoms in total. The summed E-state index contributed by atoms with van der Waals surface area (Å²) >= 11 is 0. The summed E-state index contributed by atoms with van der Waals surface area (Å²) in [5.41, 5.74) is -0.279. The van der Waals surface area contributed by atoms with Crippen LogP contribution in [0.3, 0.4) is 0 Å². The van der Waals surface area contributed by atoms with Crippen LogP contribution in [0, 0.1) is 22.7 Å². The molecule has 4 fully saturated rings. The molecular formula is C24H40N2O6. The molecule has 4 aliphatic rings. The molecule has 2 amide bonds. The number of amides is 2. The molecule has 0 aromatic rings. The van der Waals surface area contributed by atoms with E-state index in [9.17, 15) is 14.7 Å². The van der Waals surface area contributed by atoms with Gasteiger partial charge in [0.15, 0.2) is 6.29 Å². The van der Waals surface area contributed by atoms with Crippen molar-refractivity contribution in [3.8, 4) is 0 Å². The SMILES string of the molecule is COC[C@@H]1OC[C@@]2(C)C3CC[C@@H](O)[C@@H](CC(=O)N4CC[C@H](NC(C)=O)C4)[C@]3(C)CC[C@H]2O1. The molecule has 8 heteroatoms. The molecule has 0 bridgehead atoms. The van der Waals surface area contributed by atoms with Gasteiger partial charge in [0.2, 0.25) is 11.8 Å². The maximum Gasteiger partial charge on any atom is 0.223 e. The van der Waals surface area contributed by atoms with Crippen LogP contribution in [0.4, 0.5) is 0 Å². The second-order valence-corrected chi connectivity index (χ2v) is 10.9. The van der Waals surface area contributed by atoms with Crippen molar-refractivity contribution in [3.63, 3.8) is 0 Å². The van der Waals surface area contributed by atoms with Crippen molar-refractivity contribution in [1.29, 1.82) is 0 Å². The van der Waals surface area contributed by atoms with Crippen LogP contribution in [0.5, 0.6) is 0 Å². The number of methoxy groups -OCH3 is 1. The smallest absolute Gasteiger partial charge is 0.223 e. The van der Waals surface area contributed by atoms with Gasteiger partial charge >= 0.3 is 0 Å². The zero-order chi connectivity index (χ0) is 23.1. The number of aliphatic hydroxyl groups is 1. The summed E-state index contributed by atoms with van der Waals surface area (Å²) < 4.78 is 17.5. The van der Waals surface area contributed by atoms with Gasteiger partial charge in [0.25, 0.3) is 0 Å². The first-order valence-electron chi connectivity index (χ1n) is 12.2. The minimum atomic E-state index is -0.472. The van der Waals surface area contributed by atoms with E-state index in [-0.39, 0.29) is 47.0 Å². The van der Waals surface area contributed by atoms with E-state index in [4.69, 9.17) is 14.2 Å². The third-order valence-electron chi connectivity index (χ3n) is 8.88. The maximum atomic E-state index is 13.2. The number of nitrogens with zero attached hydrogens (tertiary/aromatic N) is 1. The van der Waals surface area contributed by atoms with E-state index in [1.54, 1.807) is 7.11 Å². The van der Waals surface area contributed by atoms with Gasteiger partial charge in [-0.05, 0) is 49.4 Å². The van der Waals surface area contributed by atoms with E-state index >= 15 is 0 Å². The summed E-state index contributed by atoms with van der Waals surface area (Å²) in [4.78, 5) is 26.4. The lowest BCUT2D eigenvalue weighted by atomic mass is 9.46. The molecule has 2 N–H and O–H groups in total. The quantitative estimate of drug-likeness (QED) is 0.659. The average molecular weight is 453 g/mol. The molecule has 4 rings (SSSR count). The lowest BCUT2D eigenvalue weighted by Crippen LogP contribution is -2.63. The Balaban J connectivity index is 1.46. The minimum absolute atomic E-state index is 0.0296. The number of carbonyl (C=O) groups excluding carboxylic acids is 2. The number of likely N-dealkylation sites (tertiary alicyclic amines) is 1. The predicted octanol–water partition coefficient (Wildman–Crippen LogP) is 1.69. The molecule has 8 atom stereocenters. The van der Waals surface area contributed by atoms with Crippen molar-refractivity contribution < 1.29 is 28.9 Å². The van der Waals surface area contributed by atoms with Crippen LogP contribution in [-0.2, 0) is 23.8 Å². The number of aliphatic hydroxyl groups excluding tert-OH is 1. The van der Waals surface area contributed by atoms with Crippen LogP contribution in [0.15, 0.2) is 0 Å². The van der Waals surface area contributed by atoms with Gasteiger partial charge in [-0.2, -0.15) is 0 Å². The summed E-state index contributed by atoms with van der Waals surface area (Å²) in [5.74, 6) is 0.275. The van der Waals surface area contributed by atoms with Crippen LogP contribution in [0.2, 0.25) is 0 Å². The highest BCUT2D eigenvalue weighted by atomic mass is 16.7. The number of fused-ring (bicyclic) bond motifs is 3. The summed E-state index contributed by atoms with van der Waals surface area (Å²) in [6, 6.07) is 0.0296. The Morgan fingerprint density at radius 3 is 2.69 bits per heavy atom. The standard InChI is InChI=1S/C24H40N2O6/c1-15(27)25-16-8-10-26(12-16)21(29)11-17-18(28)5-6-19-23(17,2)9-7-20-24(19,3)14-31-22(32-20)13-30-4/h16-20,22,28H,5-14H2,1-4H3,(H,25,27)/t16-,17+,18+,19?,20+,22+,23-,24-/m0/s1. The lowest BCUT2D eigenvalue weighted by molar-refractivity contribution is -0.316. The molecular weight excluding hydrogens is 412 g/mol. The third kappa shape index (κ3) is 4.31. The first-order valence-corrected chi connectivity index (χ1v) is 12.2. The summed E-state index contributed by atoms with van der Waals surface area (Å²) in [5, 5.41) is 13.9. The van der Waals surface area contributed by atoms with Crippen LogP contribution >= 0.6 is 0 Å². The molecule has 0 aromatic carbocycles. The topological polar surface area (TPSA) is 97.3 Å². The Kier molecular flexibility index (Phi) is 6.88. The van der Waals surface area contributed by atoms with E-state index in [1.807, 2.05) is 4.90 Å². The molecule has 0 spiro atoms. The van der Waals surface area contributed by atoms with Crippen molar-refractivity contribution in [1.82, 2.24) is 10.2 Å². The second-order valence-electron chi connectivity index (χ2n) is 10.9. The van der Waals surface area contributed by atoms with E-state index in [1.165, 1.54) is 6.92 Å². The Bertz CT molecular complexity index is 719. The highest BCUT2D eigenvalue weighted by molar-refractivity contribution is 5.77. The number of hydrogen-bond acceptors (Lipinski definition) is 6. The molecule has 2 saturated heterocycles. The van der Waals surface area contributed by atoms with E-state index in [0.29, 0.717) is 45.1 Å². The largest absolute Gasteiger partial charge is 0.393 e. The lowest BCUT2D eigenvalue weighted by Gasteiger charge is -2.63. The van der Waals surface area contributed by atoms with E-state index < -0.39 is 6.10 Å². The van der Waals surface area contributed by atoms with Gasteiger partial charge in [-0.15, -0.1) is 0 Å². The first kappa shape index (κ1) is 23.9. The van der Waals surface area contributed by atoms with Crippen LogP contribution in [0.1, 0.15) is 59.3 Å². The van der Waals surface area contributed by atoms with Gasteiger partial charge in [0, 0.05) is 45.0 Å². The van der Waals surface area contributed by atoms with E-state index in [2.05, 4.69) is 19.2 Å². The third-order valence-corrected chi connectivity index (χ3v) is 8.88. The zero-order valence-electron chi connectivity index (χ0n) is 20.0. The predicted molar refractivity (Wildman–Crippen MR) is 118 cm³/mol. The summed E-state index contributed by atoms with van der Waals surface area (Å²) in [7, 11) is 1.65. The van der Waals surface area contributed by atoms with Crippen molar-refractivity contribution in [2.45, 2.75) is 83.8 Å². The molecule has 1 unspecified atom stereocenters. The fraction of sp³-hybridized carbons (Fsp3) is 0.917. The molecule has 2 saturated carbocycles. The highest BCUT2D eigenvalue weighted by Gasteiger charge is 2.61. The molecule has 182 valence electrons. The molecule has 0 aromatic heterocycles. The second kappa shape index (κ2) is 9.20. The Labute approximate surface area is 191 Å². The van der Waals surface area contributed by atoms with E-state index in [0.717, 1.165) is 25.7 Å². The first-order chi connectivity index (χ1) is 15.2. The fourth-order valence-electron chi connectivity index (χ4n) is 7.22. The number of carbonyl (C=O) groups is 2. The van der Waals surface area contributed by atoms with Crippen molar-refractivity contribution in [2.75, 3.05) is 33.4 Å². The van der Waals surface area contributed by atoms with Gasteiger partial charge in [0.1, 0.15) is 0 Å². The Morgan fingerprint density at radius 1 is 1.19 bits per heavy atom. The van der Waals surface area contributed by atoms with Crippen LogP contribution < -0.4 is 5.32 Å². The summed E-state index contributed by atoms with van der Waals surface area (Å²) in [6.45, 7) is 8.31. The highest BCUT2D eigenvalue weighted by Crippen LogP contribution is 2.62. The fourth-order valence-corrected chi connectivity index (χ4v) is 7.22. The molecule has 32 heavy (non-hydrogen) atoms. The Morgan fingerprint density at radius 2 is 1.97 bits per heavy atom. The maximum absolute atomic E-state index is 13.2. The Hall–Kier alpha value is -1.22. The summed E-state index contributed by atoms with van der Waals surface area (Å²) in [6.07, 6.45) is 3.92. The minimum Gasteiger partial charge on any atom is -0.393 e. The number of rotatable bonds is 5. The number of nitrogens with one attached hydrogen (secondary N) is 1. The van der Waals surface area contributed by atoms with Crippen molar-refractivity contribution in [3.05, 3.63) is 0 Å². The monoisotopic (exact) mass is 452 g/mol.